The zero-order valence-electron chi connectivity index (χ0n) is 12.7. The number of aliphatic carboxylic acids is 1. The molecule has 1 aromatic rings. The van der Waals surface area contributed by atoms with Crippen LogP contribution in [0.2, 0.25) is 0 Å². The van der Waals surface area contributed by atoms with Crippen LogP contribution in [0, 0.1) is 0 Å². The first-order valence-electron chi connectivity index (χ1n) is 7.55. The summed E-state index contributed by atoms with van der Waals surface area (Å²) < 4.78 is 0. The Kier molecular flexibility index (Phi) is 5.96. The zero-order chi connectivity index (χ0) is 15.1. The fraction of sp³-hybridized carbons (Fsp3) is 0.471. The maximum Gasteiger partial charge on any atom is 0.328 e. The van der Waals surface area contributed by atoms with Crippen LogP contribution in [-0.2, 0) is 11.3 Å². The van der Waals surface area contributed by atoms with Gasteiger partial charge in [-0.15, -0.1) is 0 Å². The Labute approximate surface area is 126 Å². The van der Waals surface area contributed by atoms with E-state index in [0.717, 1.165) is 25.2 Å². The zero-order valence-corrected chi connectivity index (χ0v) is 12.7. The fourth-order valence-electron chi connectivity index (χ4n) is 2.69. The first kappa shape index (κ1) is 15.7. The molecular weight excluding hydrogens is 264 g/mol. The molecule has 4 nitrogen and oxygen atoms in total. The average Bonchev–Trinajstić information content (AvgIpc) is 2.97. The molecule has 1 heterocycles. The number of benzene rings is 1. The van der Waals surface area contributed by atoms with E-state index < -0.39 is 5.97 Å². The molecule has 1 aliphatic heterocycles. The van der Waals surface area contributed by atoms with E-state index in [4.69, 9.17) is 5.11 Å². The van der Waals surface area contributed by atoms with Crippen LogP contribution in [0.4, 0.5) is 0 Å². The molecule has 0 aromatic heterocycles. The summed E-state index contributed by atoms with van der Waals surface area (Å²) in [6.07, 6.45) is 5.52. The first-order valence-corrected chi connectivity index (χ1v) is 7.55. The van der Waals surface area contributed by atoms with Crippen molar-refractivity contribution in [3.63, 3.8) is 0 Å². The Bertz CT molecular complexity index is 493. The molecule has 1 N–H and O–H groups in total. The number of likely N-dealkylation sites (tertiary alicyclic amines) is 1. The molecule has 0 radical (unpaired) electrons. The summed E-state index contributed by atoms with van der Waals surface area (Å²) in [6.45, 7) is 5.45. The van der Waals surface area contributed by atoms with Crippen LogP contribution < -0.4 is 0 Å². The molecule has 1 aliphatic rings. The third-order valence-electron chi connectivity index (χ3n) is 3.90. The molecule has 21 heavy (non-hydrogen) atoms. The summed E-state index contributed by atoms with van der Waals surface area (Å²) in [6, 6.07) is 7.97. The maximum absolute atomic E-state index is 10.7. The van der Waals surface area contributed by atoms with Gasteiger partial charge in [0, 0.05) is 25.7 Å². The van der Waals surface area contributed by atoms with Crippen molar-refractivity contribution in [2.24, 2.45) is 0 Å². The highest BCUT2D eigenvalue weighted by Crippen LogP contribution is 2.13. The summed E-state index contributed by atoms with van der Waals surface area (Å²) in [7, 11) is 2.12. The first-order chi connectivity index (χ1) is 10.1. The molecule has 114 valence electrons. The van der Waals surface area contributed by atoms with E-state index in [0.29, 0.717) is 0 Å². The summed E-state index contributed by atoms with van der Waals surface area (Å²) in [5.74, 6) is -0.910. The summed E-state index contributed by atoms with van der Waals surface area (Å²) in [5.41, 5.74) is 2.15. The lowest BCUT2D eigenvalue weighted by Crippen LogP contribution is -2.31. The molecule has 0 atom stereocenters. The predicted octanol–water partition coefficient (Wildman–Crippen LogP) is 2.31. The predicted molar refractivity (Wildman–Crippen MR) is 85.1 cm³/mol. The van der Waals surface area contributed by atoms with E-state index in [1.807, 2.05) is 18.2 Å². The van der Waals surface area contributed by atoms with Crippen LogP contribution in [0.1, 0.15) is 24.0 Å². The topological polar surface area (TPSA) is 43.8 Å². The lowest BCUT2D eigenvalue weighted by atomic mass is 10.1. The largest absolute Gasteiger partial charge is 0.478 e. The number of nitrogens with zero attached hydrogens (tertiary/aromatic N) is 2. The highest BCUT2D eigenvalue weighted by atomic mass is 16.4. The highest BCUT2D eigenvalue weighted by Gasteiger charge is 2.12. The van der Waals surface area contributed by atoms with Crippen molar-refractivity contribution in [3.05, 3.63) is 41.5 Å². The van der Waals surface area contributed by atoms with Gasteiger partial charge in [0.1, 0.15) is 0 Å². The molecule has 0 spiro atoms. The molecule has 0 saturated carbocycles. The Balaban J connectivity index is 1.90. The third kappa shape index (κ3) is 5.33. The highest BCUT2D eigenvalue weighted by molar-refractivity contribution is 5.85. The molecule has 4 heteroatoms. The lowest BCUT2D eigenvalue weighted by Gasteiger charge is -2.22. The Hall–Kier alpha value is -1.65. The van der Waals surface area contributed by atoms with Crippen molar-refractivity contribution in [2.45, 2.75) is 19.4 Å². The van der Waals surface area contributed by atoms with Gasteiger partial charge < -0.3 is 14.9 Å². The van der Waals surface area contributed by atoms with E-state index >= 15 is 0 Å². The second-order valence-corrected chi connectivity index (χ2v) is 5.66. The molecule has 0 aliphatic carbocycles. The Morgan fingerprint density at radius 2 is 2.05 bits per heavy atom. The van der Waals surface area contributed by atoms with E-state index in [9.17, 15) is 4.79 Å². The minimum atomic E-state index is -0.910. The SMILES string of the molecule is CN(CCN1CCCC1)Cc1ccccc1C=CC(=O)O. The second-order valence-electron chi connectivity index (χ2n) is 5.66. The van der Waals surface area contributed by atoms with E-state index in [-0.39, 0.29) is 0 Å². The van der Waals surface area contributed by atoms with Crippen molar-refractivity contribution >= 4 is 12.0 Å². The van der Waals surface area contributed by atoms with Crippen molar-refractivity contribution in [3.8, 4) is 0 Å². The number of hydrogen-bond acceptors (Lipinski definition) is 3. The normalized spacial score (nSPS) is 16.1. The van der Waals surface area contributed by atoms with Crippen molar-refractivity contribution in [1.82, 2.24) is 9.80 Å². The molecule has 0 amide bonds. The number of carbonyl (C=O) groups is 1. The van der Waals surface area contributed by atoms with Gasteiger partial charge in [0.15, 0.2) is 0 Å². The molecule has 1 saturated heterocycles. The third-order valence-corrected chi connectivity index (χ3v) is 3.90. The van der Waals surface area contributed by atoms with Gasteiger partial charge in [-0.1, -0.05) is 24.3 Å². The molecular formula is C17H24N2O2. The van der Waals surface area contributed by atoms with Gasteiger partial charge in [-0.05, 0) is 50.2 Å². The van der Waals surface area contributed by atoms with Crippen LogP contribution >= 0.6 is 0 Å². The quantitative estimate of drug-likeness (QED) is 0.782. The van der Waals surface area contributed by atoms with Gasteiger partial charge in [-0.2, -0.15) is 0 Å². The van der Waals surface area contributed by atoms with Crippen molar-refractivity contribution in [2.75, 3.05) is 33.2 Å². The monoisotopic (exact) mass is 288 g/mol. The summed E-state index contributed by atoms with van der Waals surface area (Å²) in [4.78, 5) is 15.5. The van der Waals surface area contributed by atoms with Gasteiger partial charge in [0.05, 0.1) is 0 Å². The Morgan fingerprint density at radius 3 is 2.76 bits per heavy atom. The number of hydrogen-bond donors (Lipinski definition) is 1. The van der Waals surface area contributed by atoms with Crippen LogP contribution in [0.3, 0.4) is 0 Å². The van der Waals surface area contributed by atoms with Crippen LogP contribution in [0.25, 0.3) is 6.08 Å². The molecule has 1 fully saturated rings. The van der Waals surface area contributed by atoms with Crippen LogP contribution in [0.15, 0.2) is 30.3 Å². The standard InChI is InChI=1S/C17H24N2O2/c1-18(12-13-19-10-4-5-11-19)14-16-7-3-2-6-15(16)8-9-17(20)21/h2-3,6-9H,4-5,10-14H2,1H3,(H,20,21). The minimum absolute atomic E-state index is 0.841. The van der Waals surface area contributed by atoms with Crippen molar-refractivity contribution < 1.29 is 9.90 Å². The van der Waals surface area contributed by atoms with Gasteiger partial charge >= 0.3 is 5.97 Å². The van der Waals surface area contributed by atoms with Gasteiger partial charge in [-0.25, -0.2) is 4.79 Å². The molecule has 2 rings (SSSR count). The smallest absolute Gasteiger partial charge is 0.328 e. The average molecular weight is 288 g/mol. The van der Waals surface area contributed by atoms with Crippen LogP contribution in [0.5, 0.6) is 0 Å². The second kappa shape index (κ2) is 7.96. The number of rotatable bonds is 7. The summed E-state index contributed by atoms with van der Waals surface area (Å²) >= 11 is 0. The molecule has 0 unspecified atom stereocenters. The fourth-order valence-corrected chi connectivity index (χ4v) is 2.69. The van der Waals surface area contributed by atoms with E-state index in [2.05, 4.69) is 22.9 Å². The minimum Gasteiger partial charge on any atom is -0.478 e. The number of carboxylic acids is 1. The Morgan fingerprint density at radius 1 is 1.33 bits per heavy atom. The molecule has 0 bridgehead atoms. The van der Waals surface area contributed by atoms with Gasteiger partial charge in [0.25, 0.3) is 0 Å². The van der Waals surface area contributed by atoms with Crippen molar-refractivity contribution in [1.29, 1.82) is 0 Å². The lowest BCUT2D eigenvalue weighted by molar-refractivity contribution is -0.131. The molecule has 1 aromatic carbocycles. The van der Waals surface area contributed by atoms with E-state index in [1.54, 1.807) is 6.08 Å². The number of carboxylic acid groups (broad SMARTS) is 1. The van der Waals surface area contributed by atoms with Gasteiger partial charge in [-0.3, -0.25) is 0 Å². The van der Waals surface area contributed by atoms with E-state index in [1.165, 1.54) is 37.6 Å². The summed E-state index contributed by atoms with van der Waals surface area (Å²) in [5, 5.41) is 8.75. The maximum atomic E-state index is 10.7. The van der Waals surface area contributed by atoms with Crippen LogP contribution in [-0.4, -0.2) is 54.1 Å². The number of likely N-dealkylation sites (N-methyl/N-ethyl adjacent to an activating group) is 1. The van der Waals surface area contributed by atoms with Gasteiger partial charge in [0.2, 0.25) is 0 Å².